The molecule has 1 saturated heterocycles. The molecule has 1 aromatic carbocycles. The van der Waals surface area contributed by atoms with Crippen LogP contribution in [0.25, 0.3) is 0 Å². The molecule has 6 nitrogen and oxygen atoms in total. The van der Waals surface area contributed by atoms with Crippen LogP contribution in [0.5, 0.6) is 0 Å². The van der Waals surface area contributed by atoms with Gasteiger partial charge in [-0.25, -0.2) is 4.79 Å². The Morgan fingerprint density at radius 2 is 2.05 bits per heavy atom. The predicted octanol–water partition coefficient (Wildman–Crippen LogP) is 1.57. The van der Waals surface area contributed by atoms with E-state index in [1.54, 1.807) is 29.2 Å². The van der Waals surface area contributed by atoms with Crippen molar-refractivity contribution in [3.8, 4) is 0 Å². The second kappa shape index (κ2) is 6.91. The van der Waals surface area contributed by atoms with E-state index >= 15 is 0 Å². The Balaban J connectivity index is 2.04. The summed E-state index contributed by atoms with van der Waals surface area (Å²) in [5.41, 5.74) is 1.14. The summed E-state index contributed by atoms with van der Waals surface area (Å²) in [5, 5.41) is 11.7. The quantitative estimate of drug-likeness (QED) is 0.879. The van der Waals surface area contributed by atoms with Crippen molar-refractivity contribution in [3.63, 3.8) is 0 Å². The van der Waals surface area contributed by atoms with Crippen molar-refractivity contribution in [2.45, 2.75) is 12.8 Å². The zero-order valence-corrected chi connectivity index (χ0v) is 11.2. The van der Waals surface area contributed by atoms with Crippen LogP contribution >= 0.6 is 0 Å². The number of benzene rings is 1. The first-order chi connectivity index (χ1) is 9.66. The van der Waals surface area contributed by atoms with Crippen molar-refractivity contribution in [3.05, 3.63) is 29.8 Å². The van der Waals surface area contributed by atoms with Crippen molar-refractivity contribution >= 4 is 17.7 Å². The summed E-state index contributed by atoms with van der Waals surface area (Å²) in [6, 6.07) is 6.73. The van der Waals surface area contributed by atoms with Gasteiger partial charge in [0.05, 0.1) is 13.0 Å². The minimum absolute atomic E-state index is 0.112. The monoisotopic (exact) mass is 278 g/mol. The molecular formula is C14H18N2O4. The van der Waals surface area contributed by atoms with Crippen LogP contribution in [-0.2, 0) is 16.0 Å². The standard InChI is InChI=1S/C14H18N2O4/c17-13(18)10-11-4-1-2-5-12(11)15-14(19)16-6-3-8-20-9-7-16/h1-2,4-5H,3,6-10H2,(H,15,19)(H,17,18). The molecule has 108 valence electrons. The molecule has 1 aromatic rings. The summed E-state index contributed by atoms with van der Waals surface area (Å²) in [6.45, 7) is 2.39. The Morgan fingerprint density at radius 1 is 1.25 bits per heavy atom. The average Bonchev–Trinajstić information content (AvgIpc) is 2.69. The molecule has 1 aliphatic rings. The van der Waals surface area contributed by atoms with Gasteiger partial charge in [-0.1, -0.05) is 18.2 Å². The Bertz CT molecular complexity index is 482. The van der Waals surface area contributed by atoms with Gasteiger partial charge >= 0.3 is 12.0 Å². The van der Waals surface area contributed by atoms with E-state index in [0.717, 1.165) is 6.42 Å². The van der Waals surface area contributed by atoms with E-state index in [1.165, 1.54) is 0 Å². The molecule has 0 spiro atoms. The van der Waals surface area contributed by atoms with Gasteiger partial charge in [-0.15, -0.1) is 0 Å². The SMILES string of the molecule is O=C(O)Cc1ccccc1NC(=O)N1CCCOCC1. The predicted molar refractivity (Wildman–Crippen MR) is 73.8 cm³/mol. The average molecular weight is 278 g/mol. The topological polar surface area (TPSA) is 78.9 Å². The zero-order chi connectivity index (χ0) is 14.4. The molecule has 2 amide bonds. The van der Waals surface area contributed by atoms with E-state index < -0.39 is 5.97 Å². The van der Waals surface area contributed by atoms with Crippen molar-refractivity contribution in [2.24, 2.45) is 0 Å². The summed E-state index contributed by atoms with van der Waals surface area (Å²) in [5.74, 6) is -0.921. The summed E-state index contributed by atoms with van der Waals surface area (Å²) >= 11 is 0. The first kappa shape index (κ1) is 14.3. The number of urea groups is 1. The van der Waals surface area contributed by atoms with Gasteiger partial charge in [0.2, 0.25) is 0 Å². The number of ether oxygens (including phenoxy) is 1. The van der Waals surface area contributed by atoms with E-state index in [2.05, 4.69) is 5.32 Å². The van der Waals surface area contributed by atoms with Gasteiger partial charge in [0.15, 0.2) is 0 Å². The van der Waals surface area contributed by atoms with Crippen molar-refractivity contribution in [1.82, 2.24) is 4.90 Å². The Hall–Kier alpha value is -2.08. The summed E-state index contributed by atoms with van der Waals surface area (Å²) in [4.78, 5) is 24.7. The molecule has 1 aliphatic heterocycles. The van der Waals surface area contributed by atoms with Crippen molar-refractivity contribution in [2.75, 3.05) is 31.6 Å². The summed E-state index contributed by atoms with van der Waals surface area (Å²) < 4.78 is 5.30. The smallest absolute Gasteiger partial charge is 0.321 e. The van der Waals surface area contributed by atoms with E-state index in [1.807, 2.05) is 0 Å². The van der Waals surface area contributed by atoms with E-state index in [0.29, 0.717) is 37.6 Å². The van der Waals surface area contributed by atoms with Crippen molar-refractivity contribution < 1.29 is 19.4 Å². The molecular weight excluding hydrogens is 260 g/mol. The van der Waals surface area contributed by atoms with Gasteiger partial charge in [0.25, 0.3) is 0 Å². The lowest BCUT2D eigenvalue weighted by molar-refractivity contribution is -0.136. The maximum Gasteiger partial charge on any atom is 0.321 e. The number of carbonyl (C=O) groups is 2. The number of carboxylic acid groups (broad SMARTS) is 1. The maximum atomic E-state index is 12.2. The highest BCUT2D eigenvalue weighted by atomic mass is 16.5. The lowest BCUT2D eigenvalue weighted by Crippen LogP contribution is -2.37. The molecule has 1 heterocycles. The van der Waals surface area contributed by atoms with Crippen LogP contribution in [0.4, 0.5) is 10.5 Å². The largest absolute Gasteiger partial charge is 0.481 e. The van der Waals surface area contributed by atoms with Gasteiger partial charge in [0.1, 0.15) is 0 Å². The van der Waals surface area contributed by atoms with Gasteiger partial charge in [-0.05, 0) is 18.1 Å². The van der Waals surface area contributed by atoms with Gasteiger partial charge in [-0.3, -0.25) is 4.79 Å². The molecule has 0 radical (unpaired) electrons. The third kappa shape index (κ3) is 3.96. The number of nitrogens with one attached hydrogen (secondary N) is 1. The molecule has 2 rings (SSSR count). The number of anilines is 1. The number of nitrogens with zero attached hydrogens (tertiary/aromatic N) is 1. The van der Waals surface area contributed by atoms with Gasteiger partial charge < -0.3 is 20.1 Å². The van der Waals surface area contributed by atoms with E-state index in [4.69, 9.17) is 9.84 Å². The van der Waals surface area contributed by atoms with Gasteiger partial charge in [0, 0.05) is 25.4 Å². The Morgan fingerprint density at radius 3 is 2.85 bits per heavy atom. The molecule has 0 saturated carbocycles. The molecule has 0 unspecified atom stereocenters. The lowest BCUT2D eigenvalue weighted by Gasteiger charge is -2.21. The van der Waals surface area contributed by atoms with E-state index in [-0.39, 0.29) is 12.5 Å². The molecule has 6 heteroatoms. The molecule has 2 N–H and O–H groups in total. The minimum Gasteiger partial charge on any atom is -0.481 e. The number of para-hydroxylation sites is 1. The summed E-state index contributed by atoms with van der Waals surface area (Å²) in [6.07, 6.45) is 0.698. The van der Waals surface area contributed by atoms with Crippen LogP contribution in [0.3, 0.4) is 0 Å². The van der Waals surface area contributed by atoms with Crippen LogP contribution in [0.1, 0.15) is 12.0 Å². The van der Waals surface area contributed by atoms with Crippen LogP contribution in [0.2, 0.25) is 0 Å². The minimum atomic E-state index is -0.921. The fourth-order valence-corrected chi connectivity index (χ4v) is 2.10. The Labute approximate surface area is 117 Å². The highest BCUT2D eigenvalue weighted by Gasteiger charge is 2.17. The number of carboxylic acids is 1. The highest BCUT2D eigenvalue weighted by molar-refractivity contribution is 5.91. The van der Waals surface area contributed by atoms with Crippen LogP contribution < -0.4 is 5.32 Å². The lowest BCUT2D eigenvalue weighted by atomic mass is 10.1. The maximum absolute atomic E-state index is 12.2. The first-order valence-corrected chi connectivity index (χ1v) is 6.60. The molecule has 20 heavy (non-hydrogen) atoms. The van der Waals surface area contributed by atoms with Crippen LogP contribution in [-0.4, -0.2) is 48.3 Å². The number of carbonyl (C=O) groups excluding carboxylic acids is 1. The number of aliphatic carboxylic acids is 1. The molecule has 1 fully saturated rings. The molecule has 0 aliphatic carbocycles. The van der Waals surface area contributed by atoms with Crippen LogP contribution in [0.15, 0.2) is 24.3 Å². The number of hydrogen-bond donors (Lipinski definition) is 2. The number of hydrogen-bond acceptors (Lipinski definition) is 3. The molecule has 0 atom stereocenters. The third-order valence-corrected chi connectivity index (χ3v) is 3.11. The number of rotatable bonds is 3. The highest BCUT2D eigenvalue weighted by Crippen LogP contribution is 2.16. The normalized spacial score (nSPS) is 15.5. The van der Waals surface area contributed by atoms with Crippen molar-refractivity contribution in [1.29, 1.82) is 0 Å². The summed E-state index contributed by atoms with van der Waals surface area (Å²) in [7, 11) is 0. The fraction of sp³-hybridized carbons (Fsp3) is 0.429. The third-order valence-electron chi connectivity index (χ3n) is 3.11. The Kier molecular flexibility index (Phi) is 4.95. The second-order valence-corrected chi connectivity index (χ2v) is 4.61. The first-order valence-electron chi connectivity index (χ1n) is 6.60. The van der Waals surface area contributed by atoms with Crippen LogP contribution in [0, 0.1) is 0 Å². The van der Waals surface area contributed by atoms with E-state index in [9.17, 15) is 9.59 Å². The fourth-order valence-electron chi connectivity index (χ4n) is 2.10. The van der Waals surface area contributed by atoms with Gasteiger partial charge in [-0.2, -0.15) is 0 Å². The molecule has 0 bridgehead atoms. The number of amides is 2. The molecule has 0 aromatic heterocycles. The second-order valence-electron chi connectivity index (χ2n) is 4.61. The zero-order valence-electron chi connectivity index (χ0n) is 11.2.